The summed E-state index contributed by atoms with van der Waals surface area (Å²) < 4.78 is 12.8. The number of hydrogen-bond donors (Lipinski definition) is 2. The molecule has 4 heteroatoms. The first-order chi connectivity index (χ1) is 6.59. The largest absolute Gasteiger partial charge is 0.383 e. The topological polar surface area (TPSA) is 50.9 Å². The molecule has 0 fully saturated rings. The van der Waals surface area contributed by atoms with Crippen molar-refractivity contribution in [3.63, 3.8) is 0 Å². The van der Waals surface area contributed by atoms with Gasteiger partial charge in [-0.25, -0.2) is 9.37 Å². The van der Waals surface area contributed by atoms with Crippen molar-refractivity contribution in [2.75, 3.05) is 12.3 Å². The molecular weight excluding hydrogens is 181 g/mol. The zero-order chi connectivity index (χ0) is 10.6. The van der Waals surface area contributed by atoms with Crippen LogP contribution < -0.4 is 11.1 Å². The van der Waals surface area contributed by atoms with Crippen LogP contribution in [0.4, 0.5) is 10.2 Å². The van der Waals surface area contributed by atoms with Crippen molar-refractivity contribution in [3.05, 3.63) is 23.6 Å². The number of nitrogens with zero attached hydrogens (tertiary/aromatic N) is 1. The van der Waals surface area contributed by atoms with Gasteiger partial charge in [0.2, 0.25) is 0 Å². The average molecular weight is 197 g/mol. The van der Waals surface area contributed by atoms with Crippen LogP contribution in [0.15, 0.2) is 12.3 Å². The van der Waals surface area contributed by atoms with Crippen molar-refractivity contribution in [1.82, 2.24) is 10.3 Å². The highest BCUT2D eigenvalue weighted by Crippen LogP contribution is 2.09. The van der Waals surface area contributed by atoms with Crippen LogP contribution in [-0.2, 0) is 6.54 Å². The first-order valence-electron chi connectivity index (χ1n) is 4.70. The third kappa shape index (κ3) is 3.30. The predicted octanol–water partition coefficient (Wildman–Crippen LogP) is 1.55. The van der Waals surface area contributed by atoms with Crippen LogP contribution in [0, 0.1) is 11.7 Å². The monoisotopic (exact) mass is 197 g/mol. The predicted molar refractivity (Wildman–Crippen MR) is 55.2 cm³/mol. The Balaban J connectivity index is 2.53. The maximum Gasteiger partial charge on any atom is 0.141 e. The molecule has 0 aliphatic rings. The number of anilines is 1. The fourth-order valence-electron chi connectivity index (χ4n) is 1.13. The fraction of sp³-hybridized carbons (Fsp3) is 0.500. The summed E-state index contributed by atoms with van der Waals surface area (Å²) in [7, 11) is 0. The van der Waals surface area contributed by atoms with E-state index in [1.54, 1.807) is 0 Å². The van der Waals surface area contributed by atoms with E-state index in [4.69, 9.17) is 5.73 Å². The molecule has 0 aromatic carbocycles. The number of nitrogen functional groups attached to an aromatic ring is 1. The van der Waals surface area contributed by atoms with Crippen LogP contribution in [0.3, 0.4) is 0 Å². The summed E-state index contributed by atoms with van der Waals surface area (Å²) in [5.74, 6) is 0.612. The van der Waals surface area contributed by atoms with E-state index in [1.807, 2.05) is 0 Å². The summed E-state index contributed by atoms with van der Waals surface area (Å²) in [6, 6.07) is 1.41. The SMILES string of the molecule is CC(C)CNCc1cc(F)cnc1N. The van der Waals surface area contributed by atoms with Gasteiger partial charge in [-0.2, -0.15) is 0 Å². The van der Waals surface area contributed by atoms with Crippen LogP contribution in [0.1, 0.15) is 19.4 Å². The molecule has 0 saturated carbocycles. The summed E-state index contributed by atoms with van der Waals surface area (Å²) in [5.41, 5.74) is 6.30. The quantitative estimate of drug-likeness (QED) is 0.770. The van der Waals surface area contributed by atoms with E-state index in [9.17, 15) is 4.39 Å². The Kier molecular flexibility index (Phi) is 3.83. The molecule has 1 aromatic heterocycles. The second-order valence-corrected chi connectivity index (χ2v) is 3.72. The number of pyridine rings is 1. The van der Waals surface area contributed by atoms with Gasteiger partial charge in [0.25, 0.3) is 0 Å². The lowest BCUT2D eigenvalue weighted by molar-refractivity contribution is 0.549. The highest BCUT2D eigenvalue weighted by molar-refractivity contribution is 5.38. The van der Waals surface area contributed by atoms with Gasteiger partial charge in [-0.3, -0.25) is 0 Å². The normalized spacial score (nSPS) is 10.9. The van der Waals surface area contributed by atoms with Crippen LogP contribution in [-0.4, -0.2) is 11.5 Å². The first-order valence-corrected chi connectivity index (χ1v) is 4.70. The highest BCUT2D eigenvalue weighted by Gasteiger charge is 2.02. The van der Waals surface area contributed by atoms with Gasteiger partial charge in [-0.1, -0.05) is 13.8 Å². The van der Waals surface area contributed by atoms with E-state index in [1.165, 1.54) is 6.07 Å². The van der Waals surface area contributed by atoms with Crippen molar-refractivity contribution in [1.29, 1.82) is 0 Å². The van der Waals surface area contributed by atoms with Gasteiger partial charge in [0.15, 0.2) is 0 Å². The molecule has 0 saturated heterocycles. The lowest BCUT2D eigenvalue weighted by Gasteiger charge is -2.08. The molecule has 0 spiro atoms. The Morgan fingerprint density at radius 1 is 1.57 bits per heavy atom. The van der Waals surface area contributed by atoms with Crippen molar-refractivity contribution < 1.29 is 4.39 Å². The number of hydrogen-bond acceptors (Lipinski definition) is 3. The van der Waals surface area contributed by atoms with Crippen molar-refractivity contribution in [3.8, 4) is 0 Å². The summed E-state index contributed by atoms with van der Waals surface area (Å²) in [6.07, 6.45) is 1.13. The second-order valence-electron chi connectivity index (χ2n) is 3.72. The summed E-state index contributed by atoms with van der Waals surface area (Å²) in [4.78, 5) is 3.74. The maximum atomic E-state index is 12.8. The molecule has 3 N–H and O–H groups in total. The minimum absolute atomic E-state index is 0.347. The molecular formula is C10H16FN3. The van der Waals surface area contributed by atoms with E-state index in [2.05, 4.69) is 24.1 Å². The van der Waals surface area contributed by atoms with Gasteiger partial charge in [0, 0.05) is 12.1 Å². The molecule has 78 valence electrons. The van der Waals surface area contributed by atoms with Gasteiger partial charge < -0.3 is 11.1 Å². The van der Waals surface area contributed by atoms with Crippen molar-refractivity contribution in [2.24, 2.45) is 5.92 Å². The average Bonchev–Trinajstić information content (AvgIpc) is 2.10. The Morgan fingerprint density at radius 3 is 2.93 bits per heavy atom. The van der Waals surface area contributed by atoms with E-state index >= 15 is 0 Å². The summed E-state index contributed by atoms with van der Waals surface area (Å²) >= 11 is 0. The maximum absolute atomic E-state index is 12.8. The molecule has 0 aliphatic heterocycles. The molecule has 1 rings (SSSR count). The Labute approximate surface area is 83.5 Å². The minimum Gasteiger partial charge on any atom is -0.383 e. The molecule has 0 unspecified atom stereocenters. The van der Waals surface area contributed by atoms with E-state index in [0.29, 0.717) is 23.8 Å². The van der Waals surface area contributed by atoms with Gasteiger partial charge in [-0.05, 0) is 18.5 Å². The van der Waals surface area contributed by atoms with Crippen LogP contribution in [0.5, 0.6) is 0 Å². The van der Waals surface area contributed by atoms with Crippen LogP contribution in [0.25, 0.3) is 0 Å². The van der Waals surface area contributed by atoms with Gasteiger partial charge >= 0.3 is 0 Å². The number of halogens is 1. The molecule has 0 radical (unpaired) electrons. The molecule has 1 aromatic rings. The molecule has 0 aliphatic carbocycles. The Morgan fingerprint density at radius 2 is 2.29 bits per heavy atom. The smallest absolute Gasteiger partial charge is 0.141 e. The van der Waals surface area contributed by atoms with Crippen molar-refractivity contribution >= 4 is 5.82 Å². The van der Waals surface area contributed by atoms with Gasteiger partial charge in [0.1, 0.15) is 11.6 Å². The molecule has 0 bridgehead atoms. The second kappa shape index (κ2) is 4.91. The fourth-order valence-corrected chi connectivity index (χ4v) is 1.13. The zero-order valence-electron chi connectivity index (χ0n) is 8.55. The van der Waals surface area contributed by atoms with Crippen LogP contribution in [0.2, 0.25) is 0 Å². The third-order valence-corrected chi connectivity index (χ3v) is 1.84. The Hall–Kier alpha value is -1.16. The van der Waals surface area contributed by atoms with Gasteiger partial charge in [0.05, 0.1) is 6.20 Å². The van der Waals surface area contributed by atoms with Crippen LogP contribution >= 0.6 is 0 Å². The minimum atomic E-state index is -0.347. The highest BCUT2D eigenvalue weighted by atomic mass is 19.1. The third-order valence-electron chi connectivity index (χ3n) is 1.84. The van der Waals surface area contributed by atoms with Crippen molar-refractivity contribution in [2.45, 2.75) is 20.4 Å². The van der Waals surface area contributed by atoms with E-state index in [-0.39, 0.29) is 5.82 Å². The number of nitrogens with one attached hydrogen (secondary N) is 1. The Bertz CT molecular complexity index is 299. The zero-order valence-corrected chi connectivity index (χ0v) is 8.55. The molecule has 14 heavy (non-hydrogen) atoms. The van der Waals surface area contributed by atoms with E-state index in [0.717, 1.165) is 12.7 Å². The number of rotatable bonds is 4. The number of aromatic nitrogens is 1. The lowest BCUT2D eigenvalue weighted by atomic mass is 10.2. The lowest BCUT2D eigenvalue weighted by Crippen LogP contribution is -2.20. The molecule has 0 amide bonds. The molecule has 0 atom stereocenters. The molecule has 1 heterocycles. The molecule has 3 nitrogen and oxygen atoms in total. The standard InChI is InChI=1S/C10H16FN3/c1-7(2)4-13-5-8-3-9(11)6-14-10(8)12/h3,6-7,13H,4-5H2,1-2H3,(H2,12,14). The summed E-state index contributed by atoms with van der Waals surface area (Å²) in [5, 5.41) is 3.18. The summed E-state index contributed by atoms with van der Waals surface area (Å²) in [6.45, 7) is 5.67. The number of nitrogens with two attached hydrogens (primary N) is 1. The van der Waals surface area contributed by atoms with Gasteiger partial charge in [-0.15, -0.1) is 0 Å². The van der Waals surface area contributed by atoms with E-state index < -0.39 is 0 Å². The first kappa shape index (κ1) is 10.9.